The summed E-state index contributed by atoms with van der Waals surface area (Å²) >= 11 is -0.731. The van der Waals surface area contributed by atoms with Gasteiger partial charge >= 0.3 is 228 Å². The molecular weight excluding hydrogens is 564 g/mol. The van der Waals surface area contributed by atoms with Gasteiger partial charge in [0.25, 0.3) is 0 Å². The molecule has 178 valence electrons. The summed E-state index contributed by atoms with van der Waals surface area (Å²) in [4.78, 5) is 4.78. The van der Waals surface area contributed by atoms with Gasteiger partial charge in [0.05, 0.1) is 0 Å². The van der Waals surface area contributed by atoms with E-state index in [-0.39, 0.29) is 5.41 Å². The van der Waals surface area contributed by atoms with E-state index in [0.717, 1.165) is 22.4 Å². The summed E-state index contributed by atoms with van der Waals surface area (Å²) in [6, 6.07) is 36.7. The van der Waals surface area contributed by atoms with Gasteiger partial charge in [-0.15, -0.1) is 0 Å². The predicted octanol–water partition coefficient (Wildman–Crippen LogP) is 8.62. The van der Waals surface area contributed by atoms with Gasteiger partial charge in [-0.25, -0.2) is 0 Å². The Kier molecular flexibility index (Phi) is 5.97. The van der Waals surface area contributed by atoms with E-state index in [0.29, 0.717) is 0 Å². The Morgan fingerprint density at radius 1 is 0.703 bits per heavy atom. The molecule has 4 aromatic carbocycles. The number of fused-ring (bicyclic) bond motifs is 3. The van der Waals surface area contributed by atoms with Gasteiger partial charge in [0.1, 0.15) is 0 Å². The Morgan fingerprint density at radius 2 is 1.41 bits per heavy atom. The van der Waals surface area contributed by atoms with Gasteiger partial charge in [0.2, 0.25) is 0 Å². The molecule has 6 rings (SSSR count). The van der Waals surface area contributed by atoms with Crippen LogP contribution in [0.25, 0.3) is 51.1 Å². The van der Waals surface area contributed by atoms with Crippen LogP contribution < -0.4 is 0 Å². The first-order valence-corrected chi connectivity index (χ1v) is 14.8. The molecule has 0 aliphatic heterocycles. The second-order valence-corrected chi connectivity index (χ2v) is 13.3. The van der Waals surface area contributed by atoms with Gasteiger partial charge in [0, 0.05) is 0 Å². The maximum absolute atomic E-state index is 10.1. The molecule has 0 spiro atoms. The third-order valence-electron chi connectivity index (χ3n) is 6.97. The third kappa shape index (κ3) is 4.28. The summed E-state index contributed by atoms with van der Waals surface area (Å²) in [5.74, 6) is 0. The number of aromatic nitrogens is 1. The Bertz CT molecular complexity index is 1800. The Balaban J connectivity index is 1.55. The van der Waals surface area contributed by atoms with Gasteiger partial charge in [-0.05, 0) is 0 Å². The van der Waals surface area contributed by atoms with Gasteiger partial charge in [0.15, 0.2) is 0 Å². The van der Waals surface area contributed by atoms with Crippen molar-refractivity contribution in [1.82, 2.24) is 4.98 Å². The summed E-state index contributed by atoms with van der Waals surface area (Å²) in [6.07, 6.45) is 1.94. The summed E-state index contributed by atoms with van der Waals surface area (Å²) in [5.41, 5.74) is 8.96. The maximum atomic E-state index is 10.1. The van der Waals surface area contributed by atoms with Crippen LogP contribution in [0.5, 0.6) is 0 Å². The van der Waals surface area contributed by atoms with Crippen LogP contribution in [-0.4, -0.2) is 25.4 Å². The molecular formula is C34H26N2Te. The number of pyridine rings is 1. The zero-order valence-electron chi connectivity index (χ0n) is 21.1. The Hall–Kier alpha value is -3.69. The summed E-state index contributed by atoms with van der Waals surface area (Å²) in [7, 11) is 0. The number of hydrogen-bond acceptors (Lipinski definition) is 2. The topological polar surface area (TPSA) is 36.7 Å². The van der Waals surface area contributed by atoms with Gasteiger partial charge < -0.3 is 0 Å². The van der Waals surface area contributed by atoms with Crippen molar-refractivity contribution in [2.24, 2.45) is 0 Å². The summed E-state index contributed by atoms with van der Waals surface area (Å²) < 4.78 is 2.77. The molecule has 0 N–H and O–H groups in total. The van der Waals surface area contributed by atoms with Crippen molar-refractivity contribution in [3.63, 3.8) is 0 Å². The van der Waals surface area contributed by atoms with E-state index in [1.54, 1.807) is 0 Å². The standard InChI is InChI=1S/C34H26N2Te/c1-34(2,3)26-18-19-36-30(20-26)29-11-7-10-27-28-17-16-25(21-35)31(33(28)37-32(27)29)24-14-12-23(13-15-24)22-8-5-4-6-9-22/h4-20H,1-3H3. The molecule has 0 radical (unpaired) electrons. The monoisotopic (exact) mass is 592 g/mol. The molecule has 0 aliphatic rings. The van der Waals surface area contributed by atoms with Gasteiger partial charge in [-0.1, -0.05) is 0 Å². The molecule has 0 atom stereocenters. The van der Waals surface area contributed by atoms with E-state index in [1.807, 2.05) is 18.3 Å². The third-order valence-corrected chi connectivity index (χ3v) is 10.6. The van der Waals surface area contributed by atoms with Gasteiger partial charge in [-0.3, -0.25) is 0 Å². The van der Waals surface area contributed by atoms with E-state index in [1.165, 1.54) is 39.8 Å². The van der Waals surface area contributed by atoms with Crippen molar-refractivity contribution in [3.05, 3.63) is 114 Å². The molecule has 0 amide bonds. The molecule has 0 unspecified atom stereocenters. The minimum atomic E-state index is -0.731. The Labute approximate surface area is 227 Å². The second-order valence-electron chi connectivity index (χ2n) is 10.4. The molecule has 0 saturated heterocycles. The van der Waals surface area contributed by atoms with Crippen LogP contribution in [-0.2, 0) is 5.41 Å². The molecule has 0 bridgehead atoms. The number of hydrogen-bond donors (Lipinski definition) is 0. The average molecular weight is 590 g/mol. The van der Waals surface area contributed by atoms with Gasteiger partial charge in [-0.2, -0.15) is 0 Å². The number of nitriles is 1. The van der Waals surface area contributed by atoms with Crippen molar-refractivity contribution in [1.29, 1.82) is 5.26 Å². The molecule has 2 nitrogen and oxygen atoms in total. The molecule has 2 heterocycles. The fraction of sp³-hybridized carbons (Fsp3) is 0.118. The number of nitrogens with zero attached hydrogens (tertiary/aromatic N) is 2. The first-order valence-electron chi connectivity index (χ1n) is 12.4. The normalized spacial score (nSPS) is 11.6. The van der Waals surface area contributed by atoms with Crippen molar-refractivity contribution in [3.8, 4) is 39.6 Å². The van der Waals surface area contributed by atoms with Crippen molar-refractivity contribution >= 4 is 38.0 Å². The van der Waals surface area contributed by atoms with Crippen LogP contribution >= 0.6 is 0 Å². The average Bonchev–Trinajstić information content (AvgIpc) is 3.31. The van der Waals surface area contributed by atoms with Crippen LogP contribution in [0.4, 0.5) is 0 Å². The molecule has 0 saturated carbocycles. The van der Waals surface area contributed by atoms with Crippen LogP contribution in [0.2, 0.25) is 0 Å². The van der Waals surface area contributed by atoms with E-state index in [4.69, 9.17) is 4.98 Å². The second kappa shape index (κ2) is 9.32. The van der Waals surface area contributed by atoms with E-state index in [9.17, 15) is 5.26 Å². The van der Waals surface area contributed by atoms with E-state index < -0.39 is 20.4 Å². The fourth-order valence-electron chi connectivity index (χ4n) is 4.95. The Morgan fingerprint density at radius 3 is 2.14 bits per heavy atom. The molecule has 37 heavy (non-hydrogen) atoms. The summed E-state index contributed by atoms with van der Waals surface area (Å²) in [5, 5.41) is 12.6. The zero-order chi connectivity index (χ0) is 25.6. The first kappa shape index (κ1) is 23.7. The number of rotatable bonds is 3. The van der Waals surface area contributed by atoms with Crippen molar-refractivity contribution in [2.75, 3.05) is 0 Å². The molecule has 0 fully saturated rings. The quantitative estimate of drug-likeness (QED) is 0.194. The van der Waals surface area contributed by atoms with Crippen LogP contribution in [0.3, 0.4) is 0 Å². The van der Waals surface area contributed by atoms with E-state index in [2.05, 4.69) is 112 Å². The molecule has 3 heteroatoms. The van der Waals surface area contributed by atoms with Crippen LogP contribution in [0, 0.1) is 11.3 Å². The van der Waals surface area contributed by atoms with Crippen LogP contribution in [0.1, 0.15) is 31.9 Å². The zero-order valence-corrected chi connectivity index (χ0v) is 23.4. The van der Waals surface area contributed by atoms with Crippen molar-refractivity contribution < 1.29 is 0 Å². The summed E-state index contributed by atoms with van der Waals surface area (Å²) in [6.45, 7) is 6.72. The van der Waals surface area contributed by atoms with Crippen LogP contribution in [0.15, 0.2) is 103 Å². The molecule has 2 aromatic heterocycles. The first-order chi connectivity index (χ1) is 17.9. The molecule has 0 aliphatic carbocycles. The fourth-order valence-corrected chi connectivity index (χ4v) is 8.92. The SMILES string of the molecule is CC(C)(C)c1ccnc(-c2cccc3c2[te]c2c(-c4ccc(-c5ccccc5)cc4)c(C#N)ccc23)c1. The van der Waals surface area contributed by atoms with E-state index >= 15 is 0 Å². The number of benzene rings is 4. The minimum absolute atomic E-state index is 0.0656. The predicted molar refractivity (Wildman–Crippen MR) is 156 cm³/mol. The van der Waals surface area contributed by atoms with Crippen molar-refractivity contribution in [2.45, 2.75) is 26.2 Å². The molecule has 6 aromatic rings.